The van der Waals surface area contributed by atoms with Gasteiger partial charge in [0.05, 0.1) is 5.54 Å². The van der Waals surface area contributed by atoms with E-state index in [1.54, 1.807) is 4.68 Å². The molecule has 0 aliphatic rings. The molecule has 0 bridgehead atoms. The number of nitrogens with two attached hydrogens (primary N) is 1. The van der Waals surface area contributed by atoms with Crippen LogP contribution in [0.2, 0.25) is 0 Å². The number of aryl methyl sites for hydroxylation is 2. The maximum atomic E-state index is 5.93. The average Bonchev–Trinajstić information content (AvgIpc) is 2.95. The molecule has 7 nitrogen and oxygen atoms in total. The highest BCUT2D eigenvalue weighted by Gasteiger charge is 2.22. The summed E-state index contributed by atoms with van der Waals surface area (Å²) in [6.45, 7) is 8.18. The lowest BCUT2D eigenvalue weighted by atomic mass is 10.1. The van der Waals surface area contributed by atoms with Crippen molar-refractivity contribution < 1.29 is 4.52 Å². The molecule has 104 valence electrons. The van der Waals surface area contributed by atoms with E-state index in [2.05, 4.69) is 20.2 Å². The Morgan fingerprint density at radius 1 is 1.21 bits per heavy atom. The molecule has 0 atom stereocenters. The van der Waals surface area contributed by atoms with Crippen LogP contribution in [0.15, 0.2) is 4.52 Å². The highest BCUT2D eigenvalue weighted by molar-refractivity contribution is 5.00. The average molecular weight is 264 g/mol. The Morgan fingerprint density at radius 3 is 2.47 bits per heavy atom. The molecule has 0 aliphatic heterocycles. The number of rotatable bonds is 5. The highest BCUT2D eigenvalue weighted by atomic mass is 16.5. The molecule has 0 aromatic carbocycles. The van der Waals surface area contributed by atoms with E-state index in [9.17, 15) is 0 Å². The first-order valence-electron chi connectivity index (χ1n) is 6.48. The molecular weight excluding hydrogens is 244 g/mol. The van der Waals surface area contributed by atoms with Crippen LogP contribution in [0.25, 0.3) is 0 Å². The second-order valence-electron chi connectivity index (χ2n) is 5.04. The summed E-state index contributed by atoms with van der Waals surface area (Å²) in [5.41, 5.74) is 5.32. The van der Waals surface area contributed by atoms with Crippen LogP contribution in [0.5, 0.6) is 0 Å². The highest BCUT2D eigenvalue weighted by Crippen LogP contribution is 2.13. The normalized spacial score (nSPS) is 12.1. The van der Waals surface area contributed by atoms with Gasteiger partial charge in [0.2, 0.25) is 5.89 Å². The van der Waals surface area contributed by atoms with Gasteiger partial charge in [0.25, 0.3) is 0 Å². The predicted molar refractivity (Wildman–Crippen MR) is 69.4 cm³/mol. The quantitative estimate of drug-likeness (QED) is 0.866. The number of hydrogen-bond acceptors (Lipinski definition) is 6. The van der Waals surface area contributed by atoms with E-state index in [1.807, 2.05) is 27.7 Å². The third-order valence-electron chi connectivity index (χ3n) is 2.75. The first kappa shape index (κ1) is 13.7. The summed E-state index contributed by atoms with van der Waals surface area (Å²) < 4.78 is 7.01. The van der Waals surface area contributed by atoms with Crippen molar-refractivity contribution in [3.63, 3.8) is 0 Å². The van der Waals surface area contributed by atoms with Crippen molar-refractivity contribution >= 4 is 0 Å². The third kappa shape index (κ3) is 2.98. The lowest BCUT2D eigenvalue weighted by molar-refractivity contribution is 0.349. The molecule has 0 unspecified atom stereocenters. The van der Waals surface area contributed by atoms with Crippen LogP contribution in [-0.2, 0) is 24.9 Å². The largest absolute Gasteiger partial charge is 0.337 e. The maximum Gasteiger partial charge on any atom is 0.248 e. The molecule has 0 fully saturated rings. The summed E-state index contributed by atoms with van der Waals surface area (Å²) >= 11 is 0. The van der Waals surface area contributed by atoms with Crippen LogP contribution < -0.4 is 5.73 Å². The predicted octanol–water partition coefficient (Wildman–Crippen LogP) is 1.03. The third-order valence-corrected chi connectivity index (χ3v) is 2.75. The molecule has 0 aliphatic carbocycles. The minimum atomic E-state index is -0.605. The van der Waals surface area contributed by atoms with Crippen LogP contribution >= 0.6 is 0 Å². The fourth-order valence-corrected chi connectivity index (χ4v) is 1.67. The van der Waals surface area contributed by atoms with Gasteiger partial charge in [-0.3, -0.25) is 0 Å². The van der Waals surface area contributed by atoms with Gasteiger partial charge in [-0.05, 0) is 13.8 Å². The molecule has 2 aromatic heterocycles. The van der Waals surface area contributed by atoms with Crippen molar-refractivity contribution in [1.82, 2.24) is 24.9 Å². The number of nitrogens with zero attached hydrogens (tertiary/aromatic N) is 5. The molecule has 2 N–H and O–H groups in total. The molecule has 0 radical (unpaired) electrons. The second kappa shape index (κ2) is 5.08. The van der Waals surface area contributed by atoms with Gasteiger partial charge in [-0.1, -0.05) is 19.0 Å². The first-order chi connectivity index (χ1) is 8.94. The van der Waals surface area contributed by atoms with Gasteiger partial charge in [-0.25, -0.2) is 9.67 Å². The standard InChI is InChI=1S/C12H20N6O/c1-5-8-14-9(6-2)18(16-8)7-10-15-11(17-19-10)12(3,4)13/h5-7,13H2,1-4H3. The zero-order valence-corrected chi connectivity index (χ0v) is 11.8. The van der Waals surface area contributed by atoms with Gasteiger partial charge in [0.1, 0.15) is 12.4 Å². The lowest BCUT2D eigenvalue weighted by Crippen LogP contribution is -2.30. The summed E-state index contributed by atoms with van der Waals surface area (Å²) in [7, 11) is 0. The fourth-order valence-electron chi connectivity index (χ4n) is 1.67. The van der Waals surface area contributed by atoms with Crippen LogP contribution in [0, 0.1) is 0 Å². The van der Waals surface area contributed by atoms with E-state index >= 15 is 0 Å². The van der Waals surface area contributed by atoms with Gasteiger partial charge >= 0.3 is 0 Å². The Morgan fingerprint density at radius 2 is 1.95 bits per heavy atom. The minimum Gasteiger partial charge on any atom is -0.337 e. The molecule has 2 rings (SSSR count). The number of aromatic nitrogens is 5. The molecule has 0 saturated heterocycles. The van der Waals surface area contributed by atoms with Crippen molar-refractivity contribution in [3.05, 3.63) is 23.4 Å². The topological polar surface area (TPSA) is 95.7 Å². The number of hydrogen-bond donors (Lipinski definition) is 1. The Kier molecular flexibility index (Phi) is 3.66. The monoisotopic (exact) mass is 264 g/mol. The molecule has 0 spiro atoms. The summed E-state index contributed by atoms with van der Waals surface area (Å²) in [4.78, 5) is 8.73. The van der Waals surface area contributed by atoms with Crippen LogP contribution in [0.3, 0.4) is 0 Å². The van der Waals surface area contributed by atoms with E-state index in [4.69, 9.17) is 10.3 Å². The molecule has 2 heterocycles. The fraction of sp³-hybridized carbons (Fsp3) is 0.667. The van der Waals surface area contributed by atoms with E-state index in [0.717, 1.165) is 24.5 Å². The Bertz CT molecular complexity index is 551. The van der Waals surface area contributed by atoms with E-state index in [0.29, 0.717) is 18.3 Å². The maximum absolute atomic E-state index is 5.93. The van der Waals surface area contributed by atoms with E-state index < -0.39 is 5.54 Å². The van der Waals surface area contributed by atoms with Crippen molar-refractivity contribution in [2.75, 3.05) is 0 Å². The smallest absolute Gasteiger partial charge is 0.248 e. The SMILES string of the molecule is CCc1nc(CC)n(Cc2nc(C(C)(C)N)no2)n1. The Labute approximate surface area is 112 Å². The van der Waals surface area contributed by atoms with E-state index in [1.165, 1.54) is 0 Å². The molecule has 2 aromatic rings. The van der Waals surface area contributed by atoms with Crippen molar-refractivity contribution in [2.45, 2.75) is 52.6 Å². The minimum absolute atomic E-state index is 0.430. The van der Waals surface area contributed by atoms with Crippen molar-refractivity contribution in [3.8, 4) is 0 Å². The first-order valence-corrected chi connectivity index (χ1v) is 6.48. The van der Waals surface area contributed by atoms with Gasteiger partial charge < -0.3 is 10.3 Å². The summed E-state index contributed by atoms with van der Waals surface area (Å²) in [5.74, 6) is 2.74. The summed E-state index contributed by atoms with van der Waals surface area (Å²) in [6.07, 6.45) is 1.63. The second-order valence-corrected chi connectivity index (χ2v) is 5.04. The van der Waals surface area contributed by atoms with Gasteiger partial charge in [0.15, 0.2) is 11.6 Å². The van der Waals surface area contributed by atoms with Crippen molar-refractivity contribution in [1.29, 1.82) is 0 Å². The lowest BCUT2D eigenvalue weighted by Gasteiger charge is -2.11. The van der Waals surface area contributed by atoms with Gasteiger partial charge in [-0.2, -0.15) is 10.1 Å². The zero-order valence-electron chi connectivity index (χ0n) is 11.8. The van der Waals surface area contributed by atoms with Gasteiger partial charge in [-0.15, -0.1) is 0 Å². The molecule has 19 heavy (non-hydrogen) atoms. The van der Waals surface area contributed by atoms with Crippen LogP contribution in [-0.4, -0.2) is 24.9 Å². The molecule has 0 amide bonds. The van der Waals surface area contributed by atoms with Gasteiger partial charge in [0, 0.05) is 12.8 Å². The van der Waals surface area contributed by atoms with Crippen LogP contribution in [0.4, 0.5) is 0 Å². The van der Waals surface area contributed by atoms with E-state index in [-0.39, 0.29) is 0 Å². The molecular formula is C12H20N6O. The molecule has 0 saturated carbocycles. The summed E-state index contributed by atoms with van der Waals surface area (Å²) in [5, 5.41) is 8.31. The Hall–Kier alpha value is -1.76. The Balaban J connectivity index is 2.21. The van der Waals surface area contributed by atoms with Crippen molar-refractivity contribution in [2.24, 2.45) is 5.73 Å². The molecule has 7 heteroatoms. The summed E-state index contributed by atoms with van der Waals surface area (Å²) in [6, 6.07) is 0. The zero-order chi connectivity index (χ0) is 14.0. The van der Waals surface area contributed by atoms with Crippen LogP contribution in [0.1, 0.15) is 51.1 Å².